The summed E-state index contributed by atoms with van der Waals surface area (Å²) in [6.45, 7) is 1.83. The quantitative estimate of drug-likeness (QED) is 0.822. The van der Waals surface area contributed by atoms with E-state index in [1.54, 1.807) is 12.1 Å². The molecule has 98 valence electrons. The number of amides is 1. The van der Waals surface area contributed by atoms with E-state index in [0.717, 1.165) is 25.2 Å². The number of nitrogens with zero attached hydrogens (tertiary/aromatic N) is 1. The van der Waals surface area contributed by atoms with E-state index in [9.17, 15) is 4.79 Å². The van der Waals surface area contributed by atoms with Gasteiger partial charge in [-0.25, -0.2) is 0 Å². The van der Waals surface area contributed by atoms with Gasteiger partial charge in [0, 0.05) is 29.3 Å². The minimum atomic E-state index is -0.479. The molecular formula is C14H15N3OS. The molecule has 19 heavy (non-hydrogen) atoms. The van der Waals surface area contributed by atoms with Crippen LogP contribution >= 0.6 is 11.3 Å². The summed E-state index contributed by atoms with van der Waals surface area (Å²) < 4.78 is 0. The maximum atomic E-state index is 11.3. The van der Waals surface area contributed by atoms with Crippen LogP contribution in [0.4, 0.5) is 11.4 Å². The summed E-state index contributed by atoms with van der Waals surface area (Å²) in [5.74, 6) is -0.479. The number of anilines is 2. The molecule has 1 aliphatic heterocycles. The molecule has 0 bridgehead atoms. The number of benzene rings is 1. The van der Waals surface area contributed by atoms with Crippen molar-refractivity contribution in [1.29, 1.82) is 0 Å². The smallest absolute Gasteiger partial charge is 0.250 e. The number of rotatable bonds is 2. The first-order chi connectivity index (χ1) is 9.15. The summed E-state index contributed by atoms with van der Waals surface area (Å²) in [7, 11) is 0. The van der Waals surface area contributed by atoms with E-state index in [2.05, 4.69) is 16.3 Å². The first-order valence-corrected chi connectivity index (χ1v) is 7.02. The van der Waals surface area contributed by atoms with Gasteiger partial charge in [0.25, 0.3) is 5.91 Å². The highest BCUT2D eigenvalue weighted by atomic mass is 32.1. The average molecular weight is 273 g/mol. The summed E-state index contributed by atoms with van der Waals surface area (Å²) in [5, 5.41) is 2.13. The number of fused-ring (bicyclic) bond motifs is 1. The van der Waals surface area contributed by atoms with Gasteiger partial charge in [0.05, 0.1) is 5.56 Å². The van der Waals surface area contributed by atoms with Crippen LogP contribution in [0.5, 0.6) is 0 Å². The molecule has 2 aromatic rings. The van der Waals surface area contributed by atoms with Gasteiger partial charge in [0.1, 0.15) is 0 Å². The Balaban J connectivity index is 1.92. The molecule has 1 aromatic heterocycles. The van der Waals surface area contributed by atoms with Crippen LogP contribution in [0.1, 0.15) is 20.8 Å². The number of thiophene rings is 1. The molecule has 4 N–H and O–H groups in total. The number of hydrogen-bond acceptors (Lipinski definition) is 4. The lowest BCUT2D eigenvalue weighted by atomic mass is 10.1. The van der Waals surface area contributed by atoms with Gasteiger partial charge in [0.15, 0.2) is 0 Å². The molecule has 1 aromatic carbocycles. The van der Waals surface area contributed by atoms with Crippen molar-refractivity contribution in [2.75, 3.05) is 17.2 Å². The summed E-state index contributed by atoms with van der Waals surface area (Å²) >= 11 is 1.81. The lowest BCUT2D eigenvalue weighted by Crippen LogP contribution is -2.29. The van der Waals surface area contributed by atoms with Gasteiger partial charge in [-0.05, 0) is 41.6 Å². The van der Waals surface area contributed by atoms with E-state index >= 15 is 0 Å². The third kappa shape index (κ3) is 2.17. The Kier molecular flexibility index (Phi) is 2.91. The van der Waals surface area contributed by atoms with Crippen molar-refractivity contribution in [2.45, 2.75) is 13.0 Å². The van der Waals surface area contributed by atoms with Gasteiger partial charge in [-0.3, -0.25) is 4.79 Å². The van der Waals surface area contributed by atoms with E-state index in [1.165, 1.54) is 10.4 Å². The first-order valence-electron chi connectivity index (χ1n) is 6.14. The molecule has 0 fully saturated rings. The Morgan fingerprint density at radius 1 is 1.32 bits per heavy atom. The molecule has 0 saturated heterocycles. The van der Waals surface area contributed by atoms with Gasteiger partial charge in [-0.1, -0.05) is 0 Å². The van der Waals surface area contributed by atoms with Crippen LogP contribution in [0.3, 0.4) is 0 Å². The molecule has 1 aliphatic rings. The topological polar surface area (TPSA) is 72.4 Å². The second-order valence-electron chi connectivity index (χ2n) is 4.68. The summed E-state index contributed by atoms with van der Waals surface area (Å²) in [4.78, 5) is 15.1. The number of carbonyl (C=O) groups is 1. The standard InChI is InChI=1S/C14H15N3OS/c15-12-2-1-10(7-11(12)14(16)18)17-5-3-13-9(8-17)4-6-19-13/h1-2,4,6-7H,3,5,8,15H2,(H2,16,18). The number of carbonyl (C=O) groups excluding carboxylic acids is 1. The lowest BCUT2D eigenvalue weighted by molar-refractivity contribution is 0.100. The fourth-order valence-corrected chi connectivity index (χ4v) is 3.31. The molecule has 5 heteroatoms. The van der Waals surface area contributed by atoms with Crippen LogP contribution < -0.4 is 16.4 Å². The number of hydrogen-bond donors (Lipinski definition) is 2. The van der Waals surface area contributed by atoms with E-state index in [0.29, 0.717) is 11.3 Å². The lowest BCUT2D eigenvalue weighted by Gasteiger charge is -2.29. The minimum Gasteiger partial charge on any atom is -0.398 e. The molecule has 0 aliphatic carbocycles. The number of nitrogens with two attached hydrogens (primary N) is 2. The zero-order chi connectivity index (χ0) is 13.4. The average Bonchev–Trinajstić information content (AvgIpc) is 2.86. The molecule has 2 heterocycles. The predicted molar refractivity (Wildman–Crippen MR) is 78.4 cm³/mol. The maximum absolute atomic E-state index is 11.3. The molecule has 0 spiro atoms. The molecule has 3 rings (SSSR count). The summed E-state index contributed by atoms with van der Waals surface area (Å²) in [6.07, 6.45) is 1.04. The van der Waals surface area contributed by atoms with Crippen LogP contribution in [-0.4, -0.2) is 12.5 Å². The number of primary amides is 1. The van der Waals surface area contributed by atoms with Crippen molar-refractivity contribution in [2.24, 2.45) is 5.73 Å². The third-order valence-corrected chi connectivity index (χ3v) is 4.50. The molecule has 1 amide bonds. The van der Waals surface area contributed by atoms with Gasteiger partial charge < -0.3 is 16.4 Å². The number of nitrogen functional groups attached to an aromatic ring is 1. The fourth-order valence-electron chi connectivity index (χ4n) is 2.42. The maximum Gasteiger partial charge on any atom is 0.250 e. The largest absolute Gasteiger partial charge is 0.398 e. The SMILES string of the molecule is NC(=O)c1cc(N2CCc3sccc3C2)ccc1N. The highest BCUT2D eigenvalue weighted by molar-refractivity contribution is 7.10. The zero-order valence-corrected chi connectivity index (χ0v) is 11.2. The monoisotopic (exact) mass is 273 g/mol. The predicted octanol–water partition coefficient (Wildman–Crippen LogP) is 1.99. The van der Waals surface area contributed by atoms with Gasteiger partial charge in [-0.15, -0.1) is 11.3 Å². The van der Waals surface area contributed by atoms with E-state index in [1.807, 2.05) is 17.4 Å². The Morgan fingerprint density at radius 2 is 2.16 bits per heavy atom. The Bertz CT molecular complexity index is 635. The van der Waals surface area contributed by atoms with Crippen LogP contribution in [0, 0.1) is 0 Å². The zero-order valence-electron chi connectivity index (χ0n) is 10.4. The van der Waals surface area contributed by atoms with Crippen LogP contribution in [0.15, 0.2) is 29.6 Å². The second-order valence-corrected chi connectivity index (χ2v) is 5.68. The van der Waals surface area contributed by atoms with Crippen LogP contribution in [0.25, 0.3) is 0 Å². The Hall–Kier alpha value is -2.01. The van der Waals surface area contributed by atoms with E-state index in [4.69, 9.17) is 11.5 Å². The van der Waals surface area contributed by atoms with Gasteiger partial charge >= 0.3 is 0 Å². The molecule has 0 saturated carbocycles. The van der Waals surface area contributed by atoms with Crippen molar-refractivity contribution >= 4 is 28.6 Å². The van der Waals surface area contributed by atoms with E-state index in [-0.39, 0.29) is 0 Å². The Morgan fingerprint density at radius 3 is 2.95 bits per heavy atom. The van der Waals surface area contributed by atoms with Crippen molar-refractivity contribution in [3.63, 3.8) is 0 Å². The minimum absolute atomic E-state index is 0.397. The molecular weight excluding hydrogens is 258 g/mol. The fraction of sp³-hybridized carbons (Fsp3) is 0.214. The van der Waals surface area contributed by atoms with Crippen molar-refractivity contribution in [1.82, 2.24) is 0 Å². The normalized spacial score (nSPS) is 14.2. The summed E-state index contributed by atoms with van der Waals surface area (Å²) in [6, 6.07) is 7.64. The van der Waals surface area contributed by atoms with Crippen LogP contribution in [0.2, 0.25) is 0 Å². The molecule has 4 nitrogen and oxygen atoms in total. The van der Waals surface area contributed by atoms with Crippen molar-refractivity contribution in [3.8, 4) is 0 Å². The van der Waals surface area contributed by atoms with Crippen LogP contribution in [-0.2, 0) is 13.0 Å². The summed E-state index contributed by atoms with van der Waals surface area (Å²) in [5.41, 5.74) is 14.3. The highest BCUT2D eigenvalue weighted by Crippen LogP contribution is 2.29. The first kappa shape index (κ1) is 12.0. The molecule has 0 atom stereocenters. The third-order valence-electron chi connectivity index (χ3n) is 3.48. The van der Waals surface area contributed by atoms with Crippen molar-refractivity contribution < 1.29 is 4.79 Å². The Labute approximate surface area is 115 Å². The highest BCUT2D eigenvalue weighted by Gasteiger charge is 2.18. The molecule has 0 unspecified atom stereocenters. The van der Waals surface area contributed by atoms with Gasteiger partial charge in [0.2, 0.25) is 0 Å². The molecule has 0 radical (unpaired) electrons. The van der Waals surface area contributed by atoms with E-state index < -0.39 is 5.91 Å². The second kappa shape index (κ2) is 4.59. The van der Waals surface area contributed by atoms with Crippen molar-refractivity contribution in [3.05, 3.63) is 45.6 Å². The van der Waals surface area contributed by atoms with Gasteiger partial charge in [-0.2, -0.15) is 0 Å².